The highest BCUT2D eigenvalue weighted by molar-refractivity contribution is 7.89. The van der Waals surface area contributed by atoms with Crippen LogP contribution < -0.4 is 5.32 Å². The maximum atomic E-state index is 12.9. The molecule has 1 N–H and O–H groups in total. The van der Waals surface area contributed by atoms with Crippen LogP contribution in [0.1, 0.15) is 0 Å². The van der Waals surface area contributed by atoms with Crippen molar-refractivity contribution in [2.75, 3.05) is 39.8 Å². The summed E-state index contributed by atoms with van der Waals surface area (Å²) in [5.41, 5.74) is 0. The molecule has 24 heavy (non-hydrogen) atoms. The molecule has 2 heterocycles. The highest BCUT2D eigenvalue weighted by Crippen LogP contribution is 2.24. The topological polar surface area (TPSA) is 82.6 Å². The van der Waals surface area contributed by atoms with Gasteiger partial charge in [-0.1, -0.05) is 12.1 Å². The highest BCUT2D eigenvalue weighted by atomic mass is 32.2. The van der Waals surface area contributed by atoms with E-state index in [0.717, 1.165) is 22.8 Å². The number of sulfonamides is 1. The van der Waals surface area contributed by atoms with E-state index in [1.807, 2.05) is 6.07 Å². The number of nitrogens with one attached hydrogen (secondary N) is 1. The average molecular weight is 348 g/mol. The van der Waals surface area contributed by atoms with Gasteiger partial charge in [0.25, 0.3) is 0 Å². The number of likely N-dealkylation sites (N-methyl/N-ethyl adjacent to an activating group) is 1. The van der Waals surface area contributed by atoms with Crippen molar-refractivity contribution in [3.05, 3.63) is 36.7 Å². The first kappa shape index (κ1) is 16.8. The van der Waals surface area contributed by atoms with Gasteiger partial charge in [0, 0.05) is 56.4 Å². The van der Waals surface area contributed by atoms with Crippen LogP contribution in [0, 0.1) is 0 Å². The van der Waals surface area contributed by atoms with Crippen molar-refractivity contribution >= 4 is 26.7 Å². The van der Waals surface area contributed by atoms with E-state index >= 15 is 0 Å². The van der Waals surface area contributed by atoms with Gasteiger partial charge in [-0.05, 0) is 12.1 Å². The van der Waals surface area contributed by atoms with Crippen molar-refractivity contribution < 1.29 is 13.2 Å². The summed E-state index contributed by atoms with van der Waals surface area (Å²) in [6.45, 7) is 2.51. The van der Waals surface area contributed by atoms with E-state index in [-0.39, 0.29) is 17.3 Å². The van der Waals surface area contributed by atoms with Crippen LogP contribution >= 0.6 is 0 Å². The summed E-state index contributed by atoms with van der Waals surface area (Å²) in [6, 6.07) is 6.73. The maximum Gasteiger partial charge on any atom is 0.243 e. The van der Waals surface area contributed by atoms with Gasteiger partial charge >= 0.3 is 0 Å². The second kappa shape index (κ2) is 6.84. The molecule has 1 saturated heterocycles. The van der Waals surface area contributed by atoms with Crippen LogP contribution in [0.3, 0.4) is 0 Å². The number of aromatic nitrogens is 1. The molecule has 128 valence electrons. The predicted octanol–water partition coefficient (Wildman–Crippen LogP) is 0.287. The van der Waals surface area contributed by atoms with Crippen molar-refractivity contribution in [3.8, 4) is 0 Å². The quantitative estimate of drug-likeness (QED) is 0.859. The third-order valence-corrected chi connectivity index (χ3v) is 6.02. The molecule has 0 unspecified atom stereocenters. The first-order valence-electron chi connectivity index (χ1n) is 7.78. The third kappa shape index (κ3) is 3.26. The smallest absolute Gasteiger partial charge is 0.243 e. The number of carbonyl (C=O) groups excluding carboxylic acids is 1. The van der Waals surface area contributed by atoms with E-state index in [1.54, 1.807) is 35.5 Å². The molecule has 0 atom stereocenters. The van der Waals surface area contributed by atoms with Crippen molar-refractivity contribution in [3.63, 3.8) is 0 Å². The minimum absolute atomic E-state index is 0.163. The number of benzene rings is 1. The van der Waals surface area contributed by atoms with E-state index in [2.05, 4.69) is 10.3 Å². The summed E-state index contributed by atoms with van der Waals surface area (Å²) in [5, 5.41) is 4.52. The van der Waals surface area contributed by atoms with Gasteiger partial charge in [0.15, 0.2) is 0 Å². The normalized spacial score (nSPS) is 15.8. The number of hydrogen-bond donors (Lipinski definition) is 1. The number of rotatable bonds is 4. The lowest BCUT2D eigenvalue weighted by Crippen LogP contribution is -2.49. The number of carbonyl (C=O) groups is 1. The summed E-state index contributed by atoms with van der Waals surface area (Å²) < 4.78 is 26.9. The molecule has 8 heteroatoms. The molecule has 2 aromatic rings. The first-order chi connectivity index (χ1) is 11.5. The Bertz CT molecular complexity index is 842. The van der Waals surface area contributed by atoms with E-state index in [0.29, 0.717) is 18.5 Å². The lowest BCUT2D eigenvalue weighted by atomic mass is 10.2. The summed E-state index contributed by atoms with van der Waals surface area (Å²) >= 11 is 0. The molecular formula is C16H20N4O3S. The van der Waals surface area contributed by atoms with Gasteiger partial charge in [-0.3, -0.25) is 9.78 Å². The lowest BCUT2D eigenvalue weighted by Gasteiger charge is -2.29. The van der Waals surface area contributed by atoms with Gasteiger partial charge < -0.3 is 10.2 Å². The lowest BCUT2D eigenvalue weighted by molar-refractivity contribution is -0.131. The van der Waals surface area contributed by atoms with Crippen LogP contribution in [0.2, 0.25) is 0 Å². The molecule has 0 radical (unpaired) electrons. The highest BCUT2D eigenvalue weighted by Gasteiger charge is 2.27. The minimum Gasteiger partial charge on any atom is -0.339 e. The zero-order valence-electron chi connectivity index (χ0n) is 13.5. The molecule has 1 amide bonds. The number of piperazine rings is 1. The van der Waals surface area contributed by atoms with Crippen LogP contribution in [-0.2, 0) is 14.8 Å². The average Bonchev–Trinajstić information content (AvgIpc) is 2.61. The van der Waals surface area contributed by atoms with Crippen LogP contribution in [0.25, 0.3) is 10.8 Å². The maximum absolute atomic E-state index is 12.9. The van der Waals surface area contributed by atoms with E-state index < -0.39 is 10.0 Å². The standard InChI is InChI=1S/C16H20N4O3S/c1-19(12-16(21)20-9-7-17-8-10-20)24(22,23)15-4-2-3-13-11-18-6-5-14(13)15/h2-6,11,17H,7-10,12H2,1H3. The van der Waals surface area contributed by atoms with Crippen molar-refractivity contribution in [1.29, 1.82) is 0 Å². The Morgan fingerprint density at radius 1 is 1.29 bits per heavy atom. The van der Waals surface area contributed by atoms with Crippen molar-refractivity contribution in [1.82, 2.24) is 19.5 Å². The van der Waals surface area contributed by atoms with Gasteiger partial charge in [-0.15, -0.1) is 0 Å². The van der Waals surface area contributed by atoms with Crippen molar-refractivity contribution in [2.45, 2.75) is 4.90 Å². The fourth-order valence-electron chi connectivity index (χ4n) is 2.78. The summed E-state index contributed by atoms with van der Waals surface area (Å²) in [7, 11) is -2.32. The van der Waals surface area contributed by atoms with Gasteiger partial charge in [0.05, 0.1) is 11.4 Å². The number of hydrogen-bond acceptors (Lipinski definition) is 5. The minimum atomic E-state index is -3.76. The van der Waals surface area contributed by atoms with Gasteiger partial charge in [0.1, 0.15) is 0 Å². The predicted molar refractivity (Wildman–Crippen MR) is 91.0 cm³/mol. The molecular weight excluding hydrogens is 328 g/mol. The molecule has 1 aromatic carbocycles. The Morgan fingerprint density at radius 3 is 2.79 bits per heavy atom. The van der Waals surface area contributed by atoms with E-state index in [4.69, 9.17) is 0 Å². The molecule has 1 aliphatic heterocycles. The number of nitrogens with zero attached hydrogens (tertiary/aromatic N) is 3. The van der Waals surface area contributed by atoms with Crippen LogP contribution in [-0.4, -0.2) is 68.3 Å². The fourth-order valence-corrected chi connectivity index (χ4v) is 4.11. The molecule has 3 rings (SSSR count). The zero-order valence-corrected chi connectivity index (χ0v) is 14.3. The van der Waals surface area contributed by atoms with Gasteiger partial charge in [-0.2, -0.15) is 4.31 Å². The monoisotopic (exact) mass is 348 g/mol. The van der Waals surface area contributed by atoms with Crippen molar-refractivity contribution in [2.24, 2.45) is 0 Å². The summed E-state index contributed by atoms with van der Waals surface area (Å²) in [4.78, 5) is 18.2. The van der Waals surface area contributed by atoms with Crippen LogP contribution in [0.4, 0.5) is 0 Å². The summed E-state index contributed by atoms with van der Waals surface area (Å²) in [6.07, 6.45) is 3.19. The molecule has 1 aromatic heterocycles. The first-order valence-corrected chi connectivity index (χ1v) is 9.22. The molecule has 0 bridgehead atoms. The Balaban J connectivity index is 1.85. The Hall–Kier alpha value is -2.03. The molecule has 0 spiro atoms. The Kier molecular flexibility index (Phi) is 4.79. The number of fused-ring (bicyclic) bond motifs is 1. The third-order valence-electron chi connectivity index (χ3n) is 4.16. The molecule has 0 saturated carbocycles. The molecule has 0 aliphatic carbocycles. The number of pyridine rings is 1. The largest absolute Gasteiger partial charge is 0.339 e. The van der Waals surface area contributed by atoms with Crippen LogP contribution in [0.15, 0.2) is 41.6 Å². The molecule has 1 fully saturated rings. The number of amides is 1. The molecule has 1 aliphatic rings. The molecule has 7 nitrogen and oxygen atoms in total. The fraction of sp³-hybridized carbons (Fsp3) is 0.375. The van der Waals surface area contributed by atoms with Gasteiger partial charge in [-0.25, -0.2) is 8.42 Å². The Morgan fingerprint density at radius 2 is 2.04 bits per heavy atom. The van der Waals surface area contributed by atoms with E-state index in [9.17, 15) is 13.2 Å². The second-order valence-corrected chi connectivity index (χ2v) is 7.76. The Labute approximate surface area is 141 Å². The zero-order chi connectivity index (χ0) is 17.2. The second-order valence-electron chi connectivity index (χ2n) is 5.74. The van der Waals surface area contributed by atoms with Gasteiger partial charge in [0.2, 0.25) is 15.9 Å². The van der Waals surface area contributed by atoms with E-state index in [1.165, 1.54) is 7.05 Å². The SMILES string of the molecule is CN(CC(=O)N1CCNCC1)S(=O)(=O)c1cccc2cnccc12. The summed E-state index contributed by atoms with van der Waals surface area (Å²) in [5.74, 6) is -0.176. The van der Waals surface area contributed by atoms with Crippen LogP contribution in [0.5, 0.6) is 0 Å².